The molecule has 0 aliphatic heterocycles. The van der Waals surface area contributed by atoms with Crippen molar-refractivity contribution < 1.29 is 32.2 Å². The Morgan fingerprint density at radius 2 is 1.82 bits per heavy atom. The molecular weight excluding hydrogens is 458 g/mol. The van der Waals surface area contributed by atoms with Crippen LogP contribution >= 0.6 is 0 Å². The molecule has 0 aliphatic carbocycles. The molecule has 0 aromatic carbocycles. The highest BCUT2D eigenvalue weighted by Gasteiger charge is 2.30. The van der Waals surface area contributed by atoms with Gasteiger partial charge in [0.2, 0.25) is 22.7 Å². The van der Waals surface area contributed by atoms with E-state index in [0.29, 0.717) is 0 Å². The Morgan fingerprint density at radius 3 is 2.39 bits per heavy atom. The number of nitrogens with zero attached hydrogens (tertiary/aromatic N) is 5. The molecule has 0 unspecified atom stereocenters. The maximum Gasteiger partial charge on any atom is 0.342 e. The first-order valence-electron chi connectivity index (χ1n) is 9.26. The SMILES string of the molecule is CCOC(=O)c1cn(-c2ccccn2)nc1S(=O)(=O)NC(=O)Nc1nc(OC)cc(OC)n1. The van der Waals surface area contributed by atoms with Crippen molar-refractivity contribution in [3.05, 3.63) is 42.2 Å². The quantitative estimate of drug-likeness (QED) is 0.438. The third-order valence-corrected chi connectivity index (χ3v) is 5.13. The second-order valence-corrected chi connectivity index (χ2v) is 7.63. The largest absolute Gasteiger partial charge is 0.481 e. The molecule has 0 spiro atoms. The molecule has 0 fully saturated rings. The number of esters is 1. The average Bonchev–Trinajstić information content (AvgIpc) is 3.26. The van der Waals surface area contributed by atoms with Crippen LogP contribution in [0.3, 0.4) is 0 Å². The third-order valence-electron chi connectivity index (χ3n) is 3.86. The van der Waals surface area contributed by atoms with E-state index >= 15 is 0 Å². The van der Waals surface area contributed by atoms with Gasteiger partial charge < -0.3 is 14.2 Å². The number of urea groups is 1. The number of sulfonamides is 1. The molecule has 3 heterocycles. The smallest absolute Gasteiger partial charge is 0.342 e. The van der Waals surface area contributed by atoms with E-state index in [4.69, 9.17) is 14.2 Å². The van der Waals surface area contributed by atoms with Crippen molar-refractivity contribution in [1.29, 1.82) is 0 Å². The van der Waals surface area contributed by atoms with Crippen LogP contribution in [0.15, 0.2) is 41.7 Å². The number of hydrogen-bond donors (Lipinski definition) is 2. The van der Waals surface area contributed by atoms with Crippen molar-refractivity contribution in [3.63, 3.8) is 0 Å². The van der Waals surface area contributed by atoms with E-state index in [1.807, 2.05) is 0 Å². The van der Waals surface area contributed by atoms with Crippen LogP contribution in [0, 0.1) is 0 Å². The van der Waals surface area contributed by atoms with Gasteiger partial charge in [-0.2, -0.15) is 23.5 Å². The van der Waals surface area contributed by atoms with Crippen LogP contribution < -0.4 is 19.5 Å². The standard InChI is InChI=1S/C18H19N7O7S/c1-4-32-16(26)11-10-25(12-7-5-6-8-19-12)23-15(11)33(28,29)24-18(27)22-17-20-13(30-2)9-14(21-17)31-3/h5-10H,4H2,1-3H3,(H2,20,21,22,24,27). The summed E-state index contributed by atoms with van der Waals surface area (Å²) in [5.74, 6) is -0.854. The van der Waals surface area contributed by atoms with Gasteiger partial charge >= 0.3 is 12.0 Å². The lowest BCUT2D eigenvalue weighted by Gasteiger charge is -2.09. The van der Waals surface area contributed by atoms with E-state index < -0.39 is 27.0 Å². The summed E-state index contributed by atoms with van der Waals surface area (Å²) in [4.78, 5) is 36.5. The predicted molar refractivity (Wildman–Crippen MR) is 112 cm³/mol. The van der Waals surface area contributed by atoms with E-state index in [2.05, 4.69) is 25.4 Å². The number of hydrogen-bond acceptors (Lipinski definition) is 11. The molecule has 0 saturated carbocycles. The Labute approximate surface area is 188 Å². The zero-order chi connectivity index (χ0) is 24.0. The maximum absolute atomic E-state index is 12.9. The topological polar surface area (TPSA) is 177 Å². The minimum atomic E-state index is -4.63. The number of amides is 2. The van der Waals surface area contributed by atoms with Crippen LogP contribution in [-0.2, 0) is 14.8 Å². The summed E-state index contributed by atoms with van der Waals surface area (Å²) in [5.41, 5.74) is -0.387. The molecule has 3 aromatic rings. The molecular formula is C18H19N7O7S. The van der Waals surface area contributed by atoms with Crippen LogP contribution in [0.25, 0.3) is 5.82 Å². The molecule has 33 heavy (non-hydrogen) atoms. The molecule has 3 rings (SSSR count). The van der Waals surface area contributed by atoms with Crippen LogP contribution in [0.5, 0.6) is 11.8 Å². The van der Waals surface area contributed by atoms with Gasteiger partial charge in [0.15, 0.2) is 5.82 Å². The summed E-state index contributed by atoms with van der Waals surface area (Å²) in [7, 11) is -1.96. The minimum Gasteiger partial charge on any atom is -0.481 e. The fraction of sp³-hybridized carbons (Fsp3) is 0.222. The van der Waals surface area contributed by atoms with Crippen LogP contribution in [0.2, 0.25) is 0 Å². The fourth-order valence-electron chi connectivity index (χ4n) is 2.48. The van der Waals surface area contributed by atoms with Gasteiger partial charge in [-0.3, -0.25) is 5.32 Å². The van der Waals surface area contributed by atoms with Gasteiger partial charge in [-0.1, -0.05) is 6.07 Å². The molecule has 2 N–H and O–H groups in total. The summed E-state index contributed by atoms with van der Waals surface area (Å²) in [6, 6.07) is 4.99. The van der Waals surface area contributed by atoms with E-state index in [1.165, 1.54) is 26.5 Å². The average molecular weight is 477 g/mol. The maximum atomic E-state index is 12.9. The van der Waals surface area contributed by atoms with Crippen LogP contribution in [0.4, 0.5) is 10.7 Å². The van der Waals surface area contributed by atoms with Crippen molar-refractivity contribution in [2.24, 2.45) is 0 Å². The van der Waals surface area contributed by atoms with E-state index in [0.717, 1.165) is 10.9 Å². The zero-order valence-corrected chi connectivity index (χ0v) is 18.5. The predicted octanol–water partition coefficient (Wildman–Crippen LogP) is 0.762. The highest BCUT2D eigenvalue weighted by molar-refractivity contribution is 7.90. The molecule has 0 aliphatic rings. The number of nitrogens with one attached hydrogen (secondary N) is 2. The van der Waals surface area contributed by atoms with Gasteiger partial charge in [0, 0.05) is 12.4 Å². The van der Waals surface area contributed by atoms with Crippen molar-refractivity contribution in [3.8, 4) is 17.6 Å². The lowest BCUT2D eigenvalue weighted by atomic mass is 10.4. The number of aromatic nitrogens is 5. The monoisotopic (exact) mass is 477 g/mol. The first-order valence-corrected chi connectivity index (χ1v) is 10.7. The summed E-state index contributed by atoms with van der Waals surface area (Å²) >= 11 is 0. The zero-order valence-electron chi connectivity index (χ0n) is 17.7. The Hall–Kier alpha value is -4.27. The van der Waals surface area contributed by atoms with Crippen molar-refractivity contribution >= 4 is 28.0 Å². The summed E-state index contributed by atoms with van der Waals surface area (Å²) < 4.78 is 43.5. The second kappa shape index (κ2) is 9.90. The number of carbonyl (C=O) groups is 2. The number of methoxy groups -OCH3 is 2. The molecule has 2 amide bonds. The van der Waals surface area contributed by atoms with Gasteiger partial charge in [0.05, 0.1) is 26.9 Å². The van der Waals surface area contributed by atoms with Crippen molar-refractivity contribution in [2.75, 3.05) is 26.1 Å². The molecule has 14 nitrogen and oxygen atoms in total. The van der Waals surface area contributed by atoms with Crippen LogP contribution in [-0.4, -0.2) is 66.0 Å². The van der Waals surface area contributed by atoms with Crippen molar-refractivity contribution in [1.82, 2.24) is 29.5 Å². The first-order chi connectivity index (χ1) is 15.8. The Kier molecular flexibility index (Phi) is 7.02. The van der Waals surface area contributed by atoms with Gasteiger partial charge in [-0.05, 0) is 19.1 Å². The molecule has 0 bridgehead atoms. The Bertz CT molecular complexity index is 1240. The number of pyridine rings is 1. The molecule has 174 valence electrons. The van der Waals surface area contributed by atoms with E-state index in [1.54, 1.807) is 29.8 Å². The minimum absolute atomic E-state index is 0.00395. The highest BCUT2D eigenvalue weighted by Crippen LogP contribution is 2.19. The number of carbonyl (C=O) groups excluding carboxylic acids is 2. The number of ether oxygens (including phenoxy) is 3. The van der Waals surface area contributed by atoms with Gasteiger partial charge in [0.25, 0.3) is 10.0 Å². The highest BCUT2D eigenvalue weighted by atomic mass is 32.2. The van der Waals surface area contributed by atoms with Gasteiger partial charge in [0.1, 0.15) is 5.56 Å². The second-order valence-electron chi connectivity index (χ2n) is 6.04. The molecule has 0 saturated heterocycles. The normalized spacial score (nSPS) is 10.9. The molecule has 15 heteroatoms. The summed E-state index contributed by atoms with van der Waals surface area (Å²) in [5, 5.41) is 5.35. The number of anilines is 1. The van der Waals surface area contributed by atoms with Crippen molar-refractivity contribution in [2.45, 2.75) is 11.9 Å². The van der Waals surface area contributed by atoms with Crippen LogP contribution in [0.1, 0.15) is 17.3 Å². The summed E-state index contributed by atoms with van der Waals surface area (Å²) in [6.45, 7) is 1.55. The Balaban J connectivity index is 1.90. The molecule has 0 radical (unpaired) electrons. The van der Waals surface area contributed by atoms with E-state index in [-0.39, 0.29) is 35.7 Å². The summed E-state index contributed by atoms with van der Waals surface area (Å²) in [6.07, 6.45) is 2.60. The van der Waals surface area contributed by atoms with Gasteiger partial charge in [-0.15, -0.1) is 0 Å². The lowest BCUT2D eigenvalue weighted by molar-refractivity contribution is 0.0521. The molecule has 0 atom stereocenters. The third kappa shape index (κ3) is 5.51. The Morgan fingerprint density at radius 1 is 1.12 bits per heavy atom. The number of rotatable bonds is 8. The van der Waals surface area contributed by atoms with Gasteiger partial charge in [-0.25, -0.2) is 24.0 Å². The molecule has 3 aromatic heterocycles. The van der Waals surface area contributed by atoms with E-state index in [9.17, 15) is 18.0 Å². The fourth-order valence-corrected chi connectivity index (χ4v) is 3.49. The lowest BCUT2D eigenvalue weighted by Crippen LogP contribution is -2.36. The first kappa shape index (κ1) is 23.4.